The van der Waals surface area contributed by atoms with Crippen molar-refractivity contribution in [3.8, 4) is 5.75 Å². The molecule has 1 aromatic heterocycles. The zero-order chi connectivity index (χ0) is 17.5. The van der Waals surface area contributed by atoms with Gasteiger partial charge in [-0.15, -0.1) is 0 Å². The Morgan fingerprint density at radius 1 is 1.12 bits per heavy atom. The molecule has 0 saturated carbocycles. The van der Waals surface area contributed by atoms with Crippen LogP contribution >= 0.6 is 23.2 Å². The van der Waals surface area contributed by atoms with E-state index in [0.717, 1.165) is 0 Å². The molecule has 10 heteroatoms. The van der Waals surface area contributed by atoms with Crippen LogP contribution in [0.15, 0.2) is 41.3 Å². The summed E-state index contributed by atoms with van der Waals surface area (Å²) in [7, 11) is -4.13. The Balaban J connectivity index is 2.00. The van der Waals surface area contributed by atoms with Crippen molar-refractivity contribution in [3.05, 3.63) is 52.1 Å². The molecule has 124 valence electrons. The van der Waals surface area contributed by atoms with Gasteiger partial charge < -0.3 is 9.92 Å². The van der Waals surface area contributed by atoms with Gasteiger partial charge in [0.25, 0.3) is 5.91 Å². The molecule has 0 spiro atoms. The Kier molecular flexibility index (Phi) is 4.12. The number of H-pyrrole nitrogens is 1. The molecule has 3 N–H and O–H groups in total. The van der Waals surface area contributed by atoms with Gasteiger partial charge in [0.15, 0.2) is 5.69 Å². The van der Waals surface area contributed by atoms with Crippen molar-refractivity contribution in [2.45, 2.75) is 4.90 Å². The quantitative estimate of drug-likeness (QED) is 0.669. The highest BCUT2D eigenvalue weighted by Crippen LogP contribution is 2.28. The molecule has 0 radical (unpaired) electrons. The average molecular weight is 386 g/mol. The predicted molar refractivity (Wildman–Crippen MR) is 88.9 cm³/mol. The molecule has 0 fully saturated rings. The molecule has 0 bridgehead atoms. The van der Waals surface area contributed by atoms with Crippen LogP contribution < -0.4 is 9.92 Å². The molecule has 0 saturated heterocycles. The first-order valence-corrected chi connectivity index (χ1v) is 8.62. The van der Waals surface area contributed by atoms with Crippen LogP contribution in [-0.2, 0) is 10.1 Å². The molecule has 7 nitrogen and oxygen atoms in total. The zero-order valence-electron chi connectivity index (χ0n) is 11.8. The van der Waals surface area contributed by atoms with Crippen molar-refractivity contribution in [3.63, 3.8) is 0 Å². The smallest absolute Gasteiger partial charge is 0.339 e. The van der Waals surface area contributed by atoms with E-state index in [1.807, 2.05) is 0 Å². The van der Waals surface area contributed by atoms with Gasteiger partial charge in [0, 0.05) is 5.39 Å². The topological polar surface area (TPSA) is 115 Å². The zero-order valence-corrected chi connectivity index (χ0v) is 14.1. The summed E-state index contributed by atoms with van der Waals surface area (Å²) in [4.78, 5) is 11.2. The van der Waals surface area contributed by atoms with Crippen LogP contribution in [0.3, 0.4) is 0 Å². The van der Waals surface area contributed by atoms with Crippen LogP contribution in [0.2, 0.25) is 10.0 Å². The van der Waals surface area contributed by atoms with Gasteiger partial charge in [-0.1, -0.05) is 23.2 Å². The number of rotatable bonds is 4. The van der Waals surface area contributed by atoms with Crippen molar-refractivity contribution in [2.24, 2.45) is 5.73 Å². The summed E-state index contributed by atoms with van der Waals surface area (Å²) in [6.07, 6.45) is 0. The van der Waals surface area contributed by atoms with Crippen molar-refractivity contribution in [1.29, 1.82) is 0 Å². The standard InChI is InChI=1S/C14H9Cl2N3O4S/c15-10-3-2-8(6-11(10)16)24(21,22)23-7-1-4-12-9(5-7)13(14(17)20)19-18-12/h1-6H,(H2,17,20)(H,18,19). The normalized spacial score (nSPS) is 11.6. The monoisotopic (exact) mass is 385 g/mol. The molecule has 1 heterocycles. The minimum atomic E-state index is -4.13. The number of aromatic nitrogens is 2. The second-order valence-corrected chi connectivity index (χ2v) is 7.12. The Morgan fingerprint density at radius 2 is 1.88 bits per heavy atom. The van der Waals surface area contributed by atoms with E-state index in [-0.39, 0.29) is 26.4 Å². The van der Waals surface area contributed by atoms with Crippen LogP contribution in [-0.4, -0.2) is 24.5 Å². The minimum Gasteiger partial charge on any atom is -0.379 e. The molecule has 3 aromatic rings. The fourth-order valence-electron chi connectivity index (χ4n) is 2.04. The highest BCUT2D eigenvalue weighted by molar-refractivity contribution is 7.87. The molecular weight excluding hydrogens is 377 g/mol. The van der Waals surface area contributed by atoms with E-state index in [1.165, 1.54) is 36.4 Å². The second kappa shape index (κ2) is 5.97. The average Bonchev–Trinajstić information content (AvgIpc) is 2.92. The molecule has 2 aromatic carbocycles. The SMILES string of the molecule is NC(=O)c1n[nH]c2ccc(OS(=O)(=O)c3ccc(Cl)c(Cl)c3)cc12. The number of halogens is 2. The maximum Gasteiger partial charge on any atom is 0.339 e. The highest BCUT2D eigenvalue weighted by atomic mass is 35.5. The summed E-state index contributed by atoms with van der Waals surface area (Å²) in [5.74, 6) is -0.747. The van der Waals surface area contributed by atoms with Crippen LogP contribution in [0.25, 0.3) is 10.9 Å². The third-order valence-electron chi connectivity index (χ3n) is 3.15. The van der Waals surface area contributed by atoms with Gasteiger partial charge in [0.1, 0.15) is 10.6 Å². The van der Waals surface area contributed by atoms with Gasteiger partial charge in [0.05, 0.1) is 15.6 Å². The number of nitrogens with one attached hydrogen (secondary N) is 1. The number of nitrogens with zero attached hydrogens (tertiary/aromatic N) is 1. The first kappa shape index (κ1) is 16.6. The number of hydrogen-bond acceptors (Lipinski definition) is 5. The van der Waals surface area contributed by atoms with Gasteiger partial charge in [-0.3, -0.25) is 9.89 Å². The number of hydrogen-bond donors (Lipinski definition) is 2. The molecule has 0 aliphatic heterocycles. The molecular formula is C14H9Cl2N3O4S. The van der Waals surface area contributed by atoms with Crippen molar-refractivity contribution < 1.29 is 17.4 Å². The molecule has 0 atom stereocenters. The van der Waals surface area contributed by atoms with Gasteiger partial charge >= 0.3 is 10.1 Å². The number of benzene rings is 2. The van der Waals surface area contributed by atoms with Crippen LogP contribution in [0.5, 0.6) is 5.75 Å². The summed E-state index contributed by atoms with van der Waals surface area (Å²) >= 11 is 11.6. The molecule has 1 amide bonds. The molecule has 0 aliphatic carbocycles. The van der Waals surface area contributed by atoms with Crippen molar-refractivity contribution in [2.75, 3.05) is 0 Å². The van der Waals surface area contributed by atoms with E-state index in [1.54, 1.807) is 0 Å². The lowest BCUT2D eigenvalue weighted by atomic mass is 10.2. The Bertz CT molecular complexity index is 1060. The van der Waals surface area contributed by atoms with Crippen LogP contribution in [0.1, 0.15) is 10.5 Å². The number of carbonyl (C=O) groups is 1. The van der Waals surface area contributed by atoms with E-state index in [4.69, 9.17) is 33.1 Å². The first-order valence-electron chi connectivity index (χ1n) is 6.45. The minimum absolute atomic E-state index is 0.00234. The Labute approximate surface area is 146 Å². The number of aromatic amines is 1. The predicted octanol–water partition coefficient (Wildman–Crippen LogP) is 2.74. The maximum absolute atomic E-state index is 12.3. The van der Waals surface area contributed by atoms with Gasteiger partial charge in [0.2, 0.25) is 0 Å². The lowest BCUT2D eigenvalue weighted by Crippen LogP contribution is -2.12. The fraction of sp³-hybridized carbons (Fsp3) is 0. The third kappa shape index (κ3) is 3.03. The lowest BCUT2D eigenvalue weighted by Gasteiger charge is -2.08. The summed E-state index contributed by atoms with van der Waals surface area (Å²) in [5, 5.41) is 7.05. The Hall–Kier alpha value is -2.29. The summed E-state index contributed by atoms with van der Waals surface area (Å²) in [5.41, 5.74) is 5.72. The summed E-state index contributed by atoms with van der Waals surface area (Å²) < 4.78 is 29.7. The number of amides is 1. The van der Waals surface area contributed by atoms with E-state index in [2.05, 4.69) is 10.2 Å². The Morgan fingerprint density at radius 3 is 2.54 bits per heavy atom. The molecule has 24 heavy (non-hydrogen) atoms. The van der Waals surface area contributed by atoms with Crippen LogP contribution in [0.4, 0.5) is 0 Å². The first-order chi connectivity index (χ1) is 11.3. The number of nitrogens with two attached hydrogens (primary N) is 1. The molecule has 3 rings (SSSR count). The van der Waals surface area contributed by atoms with Gasteiger partial charge in [-0.05, 0) is 36.4 Å². The second-order valence-electron chi connectivity index (χ2n) is 4.76. The number of carbonyl (C=O) groups excluding carboxylic acids is 1. The van der Waals surface area contributed by atoms with E-state index in [0.29, 0.717) is 10.9 Å². The van der Waals surface area contributed by atoms with Crippen molar-refractivity contribution >= 4 is 50.1 Å². The van der Waals surface area contributed by atoms with Gasteiger partial charge in [-0.25, -0.2) is 0 Å². The summed E-state index contributed by atoms with van der Waals surface area (Å²) in [6, 6.07) is 8.10. The molecule has 0 unspecified atom stereocenters. The number of fused-ring (bicyclic) bond motifs is 1. The largest absolute Gasteiger partial charge is 0.379 e. The van der Waals surface area contributed by atoms with E-state index >= 15 is 0 Å². The van der Waals surface area contributed by atoms with Gasteiger partial charge in [-0.2, -0.15) is 13.5 Å². The summed E-state index contributed by atoms with van der Waals surface area (Å²) in [6.45, 7) is 0. The highest BCUT2D eigenvalue weighted by Gasteiger charge is 2.19. The van der Waals surface area contributed by atoms with E-state index < -0.39 is 16.0 Å². The van der Waals surface area contributed by atoms with Crippen LogP contribution in [0, 0.1) is 0 Å². The maximum atomic E-state index is 12.3. The third-order valence-corrected chi connectivity index (χ3v) is 5.14. The lowest BCUT2D eigenvalue weighted by molar-refractivity contribution is 0.0997. The molecule has 0 aliphatic rings. The number of primary amides is 1. The van der Waals surface area contributed by atoms with E-state index in [9.17, 15) is 13.2 Å². The van der Waals surface area contributed by atoms with Crippen molar-refractivity contribution in [1.82, 2.24) is 10.2 Å². The fourth-order valence-corrected chi connectivity index (χ4v) is 3.35.